The second kappa shape index (κ2) is 5.34. The molecule has 2 aromatic rings. The summed E-state index contributed by atoms with van der Waals surface area (Å²) in [4.78, 5) is 0. The molecule has 0 aliphatic heterocycles. The molecule has 0 aromatic heterocycles. The SMILES string of the molecule is Cc1cc(Oc2ccc(Br)cc2)ccc1CN. The summed E-state index contributed by atoms with van der Waals surface area (Å²) in [6.07, 6.45) is 0. The minimum Gasteiger partial charge on any atom is -0.457 e. The first-order valence-electron chi connectivity index (χ1n) is 5.42. The van der Waals surface area contributed by atoms with Gasteiger partial charge in [0.2, 0.25) is 0 Å². The average Bonchev–Trinajstić information content (AvgIpc) is 2.32. The maximum atomic E-state index is 5.75. The average molecular weight is 292 g/mol. The summed E-state index contributed by atoms with van der Waals surface area (Å²) in [7, 11) is 0. The van der Waals surface area contributed by atoms with E-state index in [1.54, 1.807) is 0 Å². The van der Waals surface area contributed by atoms with Crippen LogP contribution < -0.4 is 10.5 Å². The molecule has 0 amide bonds. The Labute approximate surface area is 110 Å². The number of benzene rings is 2. The van der Waals surface area contributed by atoms with Gasteiger partial charge in [0.25, 0.3) is 0 Å². The monoisotopic (exact) mass is 291 g/mol. The van der Waals surface area contributed by atoms with E-state index in [-0.39, 0.29) is 0 Å². The largest absolute Gasteiger partial charge is 0.457 e. The van der Waals surface area contributed by atoms with Crippen LogP contribution in [0.1, 0.15) is 11.1 Å². The summed E-state index contributed by atoms with van der Waals surface area (Å²) in [6.45, 7) is 2.60. The zero-order valence-corrected chi connectivity index (χ0v) is 11.2. The molecule has 0 unspecified atom stereocenters. The number of rotatable bonds is 3. The van der Waals surface area contributed by atoms with Gasteiger partial charge >= 0.3 is 0 Å². The fraction of sp³-hybridized carbons (Fsp3) is 0.143. The van der Waals surface area contributed by atoms with Crippen LogP contribution in [-0.2, 0) is 6.54 Å². The summed E-state index contributed by atoms with van der Waals surface area (Å²) in [6, 6.07) is 13.7. The van der Waals surface area contributed by atoms with Crippen LogP contribution in [0.25, 0.3) is 0 Å². The van der Waals surface area contributed by atoms with Gasteiger partial charge in [0, 0.05) is 11.0 Å². The van der Waals surface area contributed by atoms with Crippen molar-refractivity contribution in [2.75, 3.05) is 0 Å². The molecule has 0 saturated heterocycles. The summed E-state index contributed by atoms with van der Waals surface area (Å²) in [5.41, 5.74) is 7.93. The van der Waals surface area contributed by atoms with Crippen LogP contribution in [0.4, 0.5) is 0 Å². The van der Waals surface area contributed by atoms with Crippen LogP contribution in [0.15, 0.2) is 46.9 Å². The van der Waals surface area contributed by atoms with Crippen molar-refractivity contribution in [2.24, 2.45) is 5.73 Å². The molecule has 0 aliphatic carbocycles. The third-order valence-electron chi connectivity index (χ3n) is 2.58. The topological polar surface area (TPSA) is 35.2 Å². The highest BCUT2D eigenvalue weighted by molar-refractivity contribution is 9.10. The molecule has 0 aliphatic rings. The Morgan fingerprint density at radius 3 is 2.29 bits per heavy atom. The number of hydrogen-bond acceptors (Lipinski definition) is 2. The molecule has 2 N–H and O–H groups in total. The molecule has 2 nitrogen and oxygen atoms in total. The van der Waals surface area contributed by atoms with Crippen molar-refractivity contribution in [3.8, 4) is 11.5 Å². The van der Waals surface area contributed by atoms with E-state index in [0.717, 1.165) is 27.1 Å². The van der Waals surface area contributed by atoms with E-state index in [2.05, 4.69) is 15.9 Å². The number of aryl methyl sites for hydroxylation is 1. The first-order chi connectivity index (χ1) is 8.19. The minimum absolute atomic E-state index is 0.560. The highest BCUT2D eigenvalue weighted by atomic mass is 79.9. The second-order valence-electron chi connectivity index (χ2n) is 3.85. The molecule has 88 valence electrons. The lowest BCUT2D eigenvalue weighted by molar-refractivity contribution is 0.482. The van der Waals surface area contributed by atoms with Gasteiger partial charge in [-0.1, -0.05) is 22.0 Å². The van der Waals surface area contributed by atoms with Crippen LogP contribution >= 0.6 is 15.9 Å². The first-order valence-corrected chi connectivity index (χ1v) is 6.21. The molecule has 0 radical (unpaired) electrons. The Hall–Kier alpha value is -1.32. The summed E-state index contributed by atoms with van der Waals surface area (Å²) in [5, 5.41) is 0. The van der Waals surface area contributed by atoms with Crippen molar-refractivity contribution < 1.29 is 4.74 Å². The maximum Gasteiger partial charge on any atom is 0.127 e. The Morgan fingerprint density at radius 2 is 1.71 bits per heavy atom. The van der Waals surface area contributed by atoms with Crippen molar-refractivity contribution >= 4 is 15.9 Å². The van der Waals surface area contributed by atoms with Crippen molar-refractivity contribution in [1.29, 1.82) is 0 Å². The number of halogens is 1. The highest BCUT2D eigenvalue weighted by Gasteiger charge is 2.01. The van der Waals surface area contributed by atoms with Crippen molar-refractivity contribution in [3.63, 3.8) is 0 Å². The number of nitrogens with two attached hydrogens (primary N) is 1. The molecule has 0 spiro atoms. The minimum atomic E-state index is 0.560. The van der Waals surface area contributed by atoms with Gasteiger partial charge in [-0.05, 0) is 54.4 Å². The number of hydrogen-bond donors (Lipinski definition) is 1. The zero-order valence-electron chi connectivity index (χ0n) is 9.61. The van der Waals surface area contributed by atoms with Gasteiger partial charge in [0.1, 0.15) is 11.5 Å². The molecular formula is C14H14BrNO. The molecule has 0 heterocycles. The quantitative estimate of drug-likeness (QED) is 0.927. The van der Waals surface area contributed by atoms with E-state index in [9.17, 15) is 0 Å². The molecule has 0 atom stereocenters. The van der Waals surface area contributed by atoms with E-state index in [1.165, 1.54) is 0 Å². The molecule has 0 bridgehead atoms. The van der Waals surface area contributed by atoms with Crippen molar-refractivity contribution in [1.82, 2.24) is 0 Å². The molecule has 17 heavy (non-hydrogen) atoms. The fourth-order valence-corrected chi connectivity index (χ4v) is 1.86. The molecule has 3 heteroatoms. The maximum absolute atomic E-state index is 5.75. The lowest BCUT2D eigenvalue weighted by Gasteiger charge is -2.08. The van der Waals surface area contributed by atoms with Gasteiger partial charge in [-0.2, -0.15) is 0 Å². The number of ether oxygens (including phenoxy) is 1. The van der Waals surface area contributed by atoms with Gasteiger partial charge < -0.3 is 10.5 Å². The van der Waals surface area contributed by atoms with E-state index in [4.69, 9.17) is 10.5 Å². The van der Waals surface area contributed by atoms with E-state index >= 15 is 0 Å². The standard InChI is InChI=1S/C14H14BrNO/c1-10-8-14(5-2-11(10)9-16)17-13-6-3-12(15)4-7-13/h2-8H,9,16H2,1H3. The van der Waals surface area contributed by atoms with Crippen LogP contribution in [-0.4, -0.2) is 0 Å². The molecule has 2 rings (SSSR count). The molecule has 0 fully saturated rings. The van der Waals surface area contributed by atoms with Crippen LogP contribution in [0.2, 0.25) is 0 Å². The normalized spacial score (nSPS) is 10.3. The van der Waals surface area contributed by atoms with Crippen LogP contribution in [0.3, 0.4) is 0 Å². The van der Waals surface area contributed by atoms with Crippen molar-refractivity contribution in [2.45, 2.75) is 13.5 Å². The summed E-state index contributed by atoms with van der Waals surface area (Å²) >= 11 is 3.39. The van der Waals surface area contributed by atoms with Gasteiger partial charge in [-0.15, -0.1) is 0 Å². The first kappa shape index (κ1) is 12.1. The molecular weight excluding hydrogens is 278 g/mol. The lowest BCUT2D eigenvalue weighted by atomic mass is 10.1. The zero-order chi connectivity index (χ0) is 12.3. The molecule has 0 saturated carbocycles. The van der Waals surface area contributed by atoms with E-state index in [0.29, 0.717) is 6.54 Å². The Bertz CT molecular complexity index is 508. The third kappa shape index (κ3) is 3.08. The van der Waals surface area contributed by atoms with Gasteiger partial charge in [0.05, 0.1) is 0 Å². The van der Waals surface area contributed by atoms with E-state index in [1.807, 2.05) is 49.4 Å². The van der Waals surface area contributed by atoms with Crippen LogP contribution in [0.5, 0.6) is 11.5 Å². The summed E-state index contributed by atoms with van der Waals surface area (Å²) < 4.78 is 6.79. The third-order valence-corrected chi connectivity index (χ3v) is 3.11. The Kier molecular flexibility index (Phi) is 3.82. The van der Waals surface area contributed by atoms with Gasteiger partial charge in [-0.3, -0.25) is 0 Å². The fourth-order valence-electron chi connectivity index (χ4n) is 1.60. The predicted octanol–water partition coefficient (Wildman–Crippen LogP) is 4.01. The van der Waals surface area contributed by atoms with E-state index < -0.39 is 0 Å². The summed E-state index contributed by atoms with van der Waals surface area (Å²) in [5.74, 6) is 1.66. The predicted molar refractivity (Wildman–Crippen MR) is 73.3 cm³/mol. The lowest BCUT2D eigenvalue weighted by Crippen LogP contribution is -1.98. The van der Waals surface area contributed by atoms with Gasteiger partial charge in [-0.25, -0.2) is 0 Å². The van der Waals surface area contributed by atoms with Crippen LogP contribution in [0, 0.1) is 6.92 Å². The smallest absolute Gasteiger partial charge is 0.127 e. The Balaban J connectivity index is 2.19. The highest BCUT2D eigenvalue weighted by Crippen LogP contribution is 2.25. The van der Waals surface area contributed by atoms with Gasteiger partial charge in [0.15, 0.2) is 0 Å². The second-order valence-corrected chi connectivity index (χ2v) is 4.76. The Morgan fingerprint density at radius 1 is 1.06 bits per heavy atom. The molecule has 2 aromatic carbocycles. The van der Waals surface area contributed by atoms with Crippen molar-refractivity contribution in [3.05, 3.63) is 58.1 Å².